The standard InChI is InChI=1S/C25H31N3O5S/c1-26-14-6-11-23(26)19-27(20-24-12-7-17-33-24)25(29)21-28(15-8-16-32-2)34(30,31)18-13-22-9-4-3-5-10-22/h3-7,9-14,17-18H,8,15-16,19-21H2,1-2H3/b18-13+. The Kier molecular flexibility index (Phi) is 9.26. The Balaban J connectivity index is 1.80. The Labute approximate surface area is 201 Å². The Bertz CT molecular complexity index is 1150. The van der Waals surface area contributed by atoms with Crippen LogP contribution >= 0.6 is 0 Å². The number of rotatable bonds is 13. The molecule has 2 aromatic heterocycles. The van der Waals surface area contributed by atoms with Crippen LogP contribution in [-0.2, 0) is 39.7 Å². The lowest BCUT2D eigenvalue weighted by Gasteiger charge is -2.26. The van der Waals surface area contributed by atoms with Gasteiger partial charge in [0.25, 0.3) is 0 Å². The van der Waals surface area contributed by atoms with E-state index >= 15 is 0 Å². The van der Waals surface area contributed by atoms with Gasteiger partial charge < -0.3 is 18.6 Å². The fraction of sp³-hybridized carbons (Fsp3) is 0.320. The third-order valence-electron chi connectivity index (χ3n) is 5.34. The molecule has 0 radical (unpaired) electrons. The summed E-state index contributed by atoms with van der Waals surface area (Å²) in [6.07, 6.45) is 5.46. The molecule has 0 aliphatic carbocycles. The number of carbonyl (C=O) groups is 1. The van der Waals surface area contributed by atoms with Gasteiger partial charge in [-0.2, -0.15) is 4.31 Å². The molecule has 0 unspecified atom stereocenters. The molecule has 0 atom stereocenters. The van der Waals surface area contributed by atoms with Crippen molar-refractivity contribution in [3.05, 3.63) is 89.5 Å². The van der Waals surface area contributed by atoms with Crippen molar-refractivity contribution in [1.29, 1.82) is 0 Å². The molecule has 0 aliphatic rings. The van der Waals surface area contributed by atoms with Gasteiger partial charge in [-0.1, -0.05) is 30.3 Å². The quantitative estimate of drug-likeness (QED) is 0.346. The molecule has 0 bridgehead atoms. The van der Waals surface area contributed by atoms with Gasteiger partial charge in [-0.15, -0.1) is 0 Å². The summed E-state index contributed by atoms with van der Waals surface area (Å²) in [4.78, 5) is 15.0. The number of hydrogen-bond acceptors (Lipinski definition) is 5. The molecule has 0 saturated carbocycles. The predicted molar refractivity (Wildman–Crippen MR) is 131 cm³/mol. The zero-order chi connectivity index (χ0) is 24.4. The largest absolute Gasteiger partial charge is 0.467 e. The van der Waals surface area contributed by atoms with Crippen LogP contribution in [0.5, 0.6) is 0 Å². The summed E-state index contributed by atoms with van der Waals surface area (Å²) < 4.78 is 40.0. The van der Waals surface area contributed by atoms with Crippen molar-refractivity contribution in [2.75, 3.05) is 26.8 Å². The second kappa shape index (κ2) is 12.4. The minimum atomic E-state index is -3.84. The molecule has 0 spiro atoms. The number of nitrogens with zero attached hydrogens (tertiary/aromatic N) is 3. The molecule has 0 aliphatic heterocycles. The summed E-state index contributed by atoms with van der Waals surface area (Å²) in [5, 5.41) is 1.15. The lowest BCUT2D eigenvalue weighted by atomic mass is 10.2. The lowest BCUT2D eigenvalue weighted by Crippen LogP contribution is -2.42. The summed E-state index contributed by atoms with van der Waals surface area (Å²) in [5.74, 6) is 0.312. The highest BCUT2D eigenvalue weighted by atomic mass is 32.2. The first-order valence-electron chi connectivity index (χ1n) is 11.0. The Morgan fingerprint density at radius 3 is 2.53 bits per heavy atom. The molecule has 8 nitrogen and oxygen atoms in total. The van der Waals surface area contributed by atoms with Crippen molar-refractivity contribution in [3.63, 3.8) is 0 Å². The highest BCUT2D eigenvalue weighted by Crippen LogP contribution is 2.14. The van der Waals surface area contributed by atoms with E-state index in [1.807, 2.05) is 60.3 Å². The molecular weight excluding hydrogens is 454 g/mol. The van der Waals surface area contributed by atoms with Gasteiger partial charge in [-0.25, -0.2) is 8.42 Å². The topological polar surface area (TPSA) is 85.0 Å². The van der Waals surface area contributed by atoms with Crippen LogP contribution in [0.1, 0.15) is 23.4 Å². The van der Waals surface area contributed by atoms with Crippen LogP contribution in [0.2, 0.25) is 0 Å². The molecule has 0 saturated heterocycles. The molecule has 3 aromatic rings. The fourth-order valence-electron chi connectivity index (χ4n) is 3.43. The number of ether oxygens (including phenoxy) is 1. The molecular formula is C25H31N3O5S. The van der Waals surface area contributed by atoms with Gasteiger partial charge in [-0.05, 0) is 42.3 Å². The maximum Gasteiger partial charge on any atom is 0.238 e. The minimum Gasteiger partial charge on any atom is -0.467 e. The van der Waals surface area contributed by atoms with Crippen LogP contribution in [0, 0.1) is 0 Å². The Hall–Kier alpha value is -3.14. The van der Waals surface area contributed by atoms with Gasteiger partial charge >= 0.3 is 0 Å². The van der Waals surface area contributed by atoms with Crippen molar-refractivity contribution in [1.82, 2.24) is 13.8 Å². The number of amides is 1. The highest BCUT2D eigenvalue weighted by Gasteiger charge is 2.26. The SMILES string of the molecule is COCCCN(CC(=O)N(Cc1ccco1)Cc1cccn1C)S(=O)(=O)/C=C/c1ccccc1. The predicted octanol–water partition coefficient (Wildman–Crippen LogP) is 3.49. The summed E-state index contributed by atoms with van der Waals surface area (Å²) in [5.41, 5.74) is 1.69. The number of hydrogen-bond donors (Lipinski definition) is 0. The van der Waals surface area contributed by atoms with Gasteiger partial charge in [-0.3, -0.25) is 4.79 Å². The van der Waals surface area contributed by atoms with E-state index in [1.165, 1.54) is 10.4 Å². The van der Waals surface area contributed by atoms with Crippen LogP contribution in [0.4, 0.5) is 0 Å². The number of methoxy groups -OCH3 is 1. The van der Waals surface area contributed by atoms with Crippen molar-refractivity contribution in [2.24, 2.45) is 7.05 Å². The van der Waals surface area contributed by atoms with E-state index in [-0.39, 0.29) is 25.5 Å². The summed E-state index contributed by atoms with van der Waals surface area (Å²) in [6.45, 7) is 0.843. The molecule has 0 N–H and O–H groups in total. The average molecular weight is 486 g/mol. The Morgan fingerprint density at radius 2 is 1.88 bits per heavy atom. The van der Waals surface area contributed by atoms with Crippen molar-refractivity contribution < 1.29 is 22.4 Å². The van der Waals surface area contributed by atoms with Crippen LogP contribution < -0.4 is 0 Å². The van der Waals surface area contributed by atoms with Gasteiger partial charge in [0.1, 0.15) is 5.76 Å². The first kappa shape index (κ1) is 25.5. The highest BCUT2D eigenvalue weighted by molar-refractivity contribution is 7.92. The molecule has 2 heterocycles. The smallest absolute Gasteiger partial charge is 0.238 e. The lowest BCUT2D eigenvalue weighted by molar-refractivity contribution is -0.133. The number of aromatic nitrogens is 1. The van der Waals surface area contributed by atoms with E-state index in [4.69, 9.17) is 9.15 Å². The van der Waals surface area contributed by atoms with E-state index in [0.717, 1.165) is 16.7 Å². The van der Waals surface area contributed by atoms with E-state index < -0.39 is 10.0 Å². The van der Waals surface area contributed by atoms with E-state index in [0.29, 0.717) is 25.3 Å². The second-order valence-corrected chi connectivity index (χ2v) is 9.70. The Morgan fingerprint density at radius 1 is 1.09 bits per heavy atom. The third kappa shape index (κ3) is 7.44. The van der Waals surface area contributed by atoms with Crippen LogP contribution in [0.3, 0.4) is 0 Å². The van der Waals surface area contributed by atoms with Crippen LogP contribution in [0.15, 0.2) is 76.9 Å². The first-order valence-corrected chi connectivity index (χ1v) is 12.5. The van der Waals surface area contributed by atoms with Crippen LogP contribution in [-0.4, -0.2) is 54.9 Å². The molecule has 34 heavy (non-hydrogen) atoms. The number of furan rings is 1. The number of sulfonamides is 1. The monoisotopic (exact) mass is 485 g/mol. The van der Waals surface area contributed by atoms with E-state index in [1.54, 1.807) is 30.4 Å². The molecule has 182 valence electrons. The molecule has 9 heteroatoms. The second-order valence-electron chi connectivity index (χ2n) is 7.88. The van der Waals surface area contributed by atoms with Gasteiger partial charge in [0.05, 0.1) is 25.9 Å². The maximum atomic E-state index is 13.4. The molecule has 0 fully saturated rings. The number of benzene rings is 1. The summed E-state index contributed by atoms with van der Waals surface area (Å²) >= 11 is 0. The van der Waals surface area contributed by atoms with E-state index in [2.05, 4.69) is 0 Å². The average Bonchev–Trinajstić information content (AvgIpc) is 3.49. The third-order valence-corrected chi connectivity index (χ3v) is 6.85. The van der Waals surface area contributed by atoms with Gasteiger partial charge in [0, 0.05) is 44.6 Å². The van der Waals surface area contributed by atoms with Gasteiger partial charge in [0.15, 0.2) is 0 Å². The normalized spacial score (nSPS) is 12.0. The summed E-state index contributed by atoms with van der Waals surface area (Å²) in [7, 11) is -0.377. The zero-order valence-corrected chi connectivity index (χ0v) is 20.4. The fourth-order valence-corrected chi connectivity index (χ4v) is 4.60. The number of aryl methyl sites for hydroxylation is 1. The van der Waals surface area contributed by atoms with Crippen molar-refractivity contribution in [3.8, 4) is 0 Å². The zero-order valence-electron chi connectivity index (χ0n) is 19.5. The molecule has 1 aromatic carbocycles. The maximum absolute atomic E-state index is 13.4. The van der Waals surface area contributed by atoms with Crippen molar-refractivity contribution >= 4 is 22.0 Å². The van der Waals surface area contributed by atoms with Gasteiger partial charge in [0.2, 0.25) is 15.9 Å². The number of carbonyl (C=O) groups excluding carboxylic acids is 1. The first-order chi connectivity index (χ1) is 16.4. The van der Waals surface area contributed by atoms with Crippen molar-refractivity contribution in [2.45, 2.75) is 19.5 Å². The van der Waals surface area contributed by atoms with Crippen LogP contribution in [0.25, 0.3) is 6.08 Å². The minimum absolute atomic E-state index is 0.166. The summed E-state index contributed by atoms with van der Waals surface area (Å²) in [6, 6.07) is 16.6. The molecule has 3 rings (SSSR count). The van der Waals surface area contributed by atoms with E-state index in [9.17, 15) is 13.2 Å². The molecule has 1 amide bonds.